The third-order valence-corrected chi connectivity index (χ3v) is 8.69. The Balaban J connectivity index is 1.64. The van der Waals surface area contributed by atoms with Gasteiger partial charge in [0.25, 0.3) is 10.1 Å². The van der Waals surface area contributed by atoms with E-state index in [4.69, 9.17) is 26.8 Å². The molecule has 0 unspecified atom stereocenters. The number of carbonyl (C=O) groups is 1. The quantitative estimate of drug-likeness (QED) is 0.0183. The molecule has 2 heterocycles. The number of hydrogen-bond acceptors (Lipinski definition) is 17. The molecular formula is C23H20ClN8O11S3+. The second-order valence-electron chi connectivity index (χ2n) is 8.59. The number of nitrogens with one attached hydrogen (secondary N) is 1. The molecule has 0 atom stereocenters. The van der Waals surface area contributed by atoms with E-state index >= 15 is 0 Å². The lowest BCUT2D eigenvalue weighted by atomic mass is 10.2. The Morgan fingerprint density at radius 3 is 2.50 bits per heavy atom. The zero-order valence-electron chi connectivity index (χ0n) is 22.7. The summed E-state index contributed by atoms with van der Waals surface area (Å²) < 4.78 is 68.6. The number of nitrogen functional groups attached to an aromatic ring is 1. The van der Waals surface area contributed by atoms with Crippen LogP contribution in [0.2, 0.25) is 5.28 Å². The Kier molecular flexibility index (Phi) is 11.1. The van der Waals surface area contributed by atoms with Gasteiger partial charge >= 0.3 is 23.1 Å². The molecule has 19 nitrogen and oxygen atoms in total. The molecular weight excluding hydrogens is 696 g/mol. The molecule has 0 bridgehead atoms. The average molecular weight is 716 g/mol. The average Bonchev–Trinajstić information content (AvgIpc) is 3.00. The molecule has 0 radical (unpaired) electrons. The number of nitrogens with two attached hydrogens (primary N) is 1. The number of rotatable bonds is 14. The number of nitrogens with zero attached hydrogens (tertiary/aromatic N) is 6. The number of carboxylic acid groups (broad SMARTS) is 1. The maximum Gasteiger partial charge on any atom is 0.444 e. The van der Waals surface area contributed by atoms with E-state index in [1.807, 2.05) is 0 Å². The third-order valence-electron chi connectivity index (χ3n) is 5.54. The lowest BCUT2D eigenvalue weighted by Gasteiger charge is -2.10. The van der Waals surface area contributed by atoms with Crippen molar-refractivity contribution < 1.29 is 54.7 Å². The predicted molar refractivity (Wildman–Crippen MR) is 158 cm³/mol. The minimum Gasteiger partial charge on any atom is -0.478 e. The van der Waals surface area contributed by atoms with Gasteiger partial charge < -0.3 is 16.2 Å². The van der Waals surface area contributed by atoms with Gasteiger partial charge in [-0.1, -0.05) is 5.04 Å². The second kappa shape index (κ2) is 14.8. The van der Waals surface area contributed by atoms with E-state index in [1.165, 1.54) is 53.4 Å². The third kappa shape index (κ3) is 9.09. The van der Waals surface area contributed by atoms with Crippen molar-refractivity contribution in [2.75, 3.05) is 23.4 Å². The van der Waals surface area contributed by atoms with Gasteiger partial charge in [-0.15, -0.1) is 9.45 Å². The molecule has 2 aromatic carbocycles. The summed E-state index contributed by atoms with van der Waals surface area (Å²) in [6, 6.07) is 10.0. The van der Waals surface area contributed by atoms with Crippen LogP contribution in [0.25, 0.3) is 5.95 Å². The molecule has 0 amide bonds. The van der Waals surface area contributed by atoms with Gasteiger partial charge in [0.05, 0.1) is 52.3 Å². The zero-order chi connectivity index (χ0) is 33.5. The highest BCUT2D eigenvalue weighted by atomic mass is 35.5. The molecule has 0 fully saturated rings. The van der Waals surface area contributed by atoms with Crippen molar-refractivity contribution in [3.63, 3.8) is 0 Å². The van der Waals surface area contributed by atoms with Crippen molar-refractivity contribution >= 4 is 78.5 Å². The summed E-state index contributed by atoms with van der Waals surface area (Å²) in [7, 11) is -8.57. The molecule has 0 aliphatic heterocycles. The van der Waals surface area contributed by atoms with E-state index < -0.39 is 36.6 Å². The number of benzene rings is 2. The predicted octanol–water partition coefficient (Wildman–Crippen LogP) is 3.26. The maximum absolute atomic E-state index is 12.5. The molecule has 0 saturated carbocycles. The van der Waals surface area contributed by atoms with Crippen LogP contribution in [-0.4, -0.2) is 65.0 Å². The molecule has 4 aromatic rings. The highest BCUT2D eigenvalue weighted by Crippen LogP contribution is 2.35. The Bertz CT molecular complexity index is 2000. The van der Waals surface area contributed by atoms with E-state index in [2.05, 4.69) is 39.9 Å². The summed E-state index contributed by atoms with van der Waals surface area (Å²) in [5.41, 5.74) is 5.39. The number of carboxylic acids is 1. The molecule has 0 aliphatic carbocycles. The van der Waals surface area contributed by atoms with Crippen LogP contribution in [0, 0.1) is 0 Å². The first-order valence-corrected chi connectivity index (χ1v) is 16.3. The zero-order valence-corrected chi connectivity index (χ0v) is 25.9. The summed E-state index contributed by atoms with van der Waals surface area (Å²) in [5.74, 6) is -1.97. The highest BCUT2D eigenvalue weighted by molar-refractivity contribution is 7.91. The second-order valence-corrected chi connectivity index (χ2v) is 12.9. The largest absolute Gasteiger partial charge is 0.478 e. The van der Waals surface area contributed by atoms with Gasteiger partial charge in [-0.05, 0) is 70.1 Å². The lowest BCUT2D eigenvalue weighted by molar-refractivity contribution is -0.603. The number of pyridine rings is 1. The van der Waals surface area contributed by atoms with Crippen molar-refractivity contribution in [2.24, 2.45) is 10.2 Å². The van der Waals surface area contributed by atoms with Crippen LogP contribution in [-0.2, 0) is 33.5 Å². The molecule has 0 spiro atoms. The number of aromatic nitrogens is 4. The molecule has 4 rings (SSSR count). The normalized spacial score (nSPS) is 12.0. The van der Waals surface area contributed by atoms with Gasteiger partial charge in [-0.3, -0.25) is 8.74 Å². The van der Waals surface area contributed by atoms with Gasteiger partial charge in [-0.25, -0.2) is 23.0 Å². The molecule has 242 valence electrons. The Hall–Kier alpha value is -4.39. The number of azo groups is 1. The van der Waals surface area contributed by atoms with Crippen LogP contribution in [0.15, 0.2) is 80.9 Å². The van der Waals surface area contributed by atoms with E-state index in [9.17, 15) is 31.3 Å². The van der Waals surface area contributed by atoms with Gasteiger partial charge in [0.1, 0.15) is 10.6 Å². The van der Waals surface area contributed by atoms with Gasteiger partial charge in [0.15, 0.2) is 22.2 Å². The van der Waals surface area contributed by atoms with Crippen molar-refractivity contribution in [3.8, 4) is 5.95 Å². The minimum atomic E-state index is -4.80. The number of aromatic carboxylic acids is 1. The first kappa shape index (κ1) is 34.5. The molecule has 46 heavy (non-hydrogen) atoms. The lowest BCUT2D eigenvalue weighted by Crippen LogP contribution is -2.34. The molecule has 23 heteroatoms. The SMILES string of the molecule is Nc1cc(N=Nc2ccc(S(=O)(=O)CCOSOOO)cc2)c(Nc2nc(Cl)nc(-[n+]3cccc(C(=O)O)c3)n2)cc1S(=O)(=O)O. The monoisotopic (exact) mass is 715 g/mol. The van der Waals surface area contributed by atoms with Crippen molar-refractivity contribution in [2.45, 2.75) is 9.79 Å². The van der Waals surface area contributed by atoms with Crippen LogP contribution in [0.4, 0.5) is 28.7 Å². The van der Waals surface area contributed by atoms with Crippen LogP contribution in [0.1, 0.15) is 10.4 Å². The van der Waals surface area contributed by atoms with E-state index in [1.54, 1.807) is 0 Å². The molecule has 2 aromatic heterocycles. The molecule has 0 aliphatic rings. The van der Waals surface area contributed by atoms with Gasteiger partial charge in [0.2, 0.25) is 0 Å². The summed E-state index contributed by atoms with van der Waals surface area (Å²) in [6.07, 6.45) is 2.68. The minimum absolute atomic E-state index is 0.0576. The van der Waals surface area contributed by atoms with Gasteiger partial charge in [-0.2, -0.15) is 18.5 Å². The van der Waals surface area contributed by atoms with Crippen LogP contribution in [0.5, 0.6) is 0 Å². The van der Waals surface area contributed by atoms with Crippen molar-refractivity contribution in [3.05, 3.63) is 71.8 Å². The smallest absolute Gasteiger partial charge is 0.444 e. The van der Waals surface area contributed by atoms with Gasteiger partial charge in [0, 0.05) is 0 Å². The number of sulfone groups is 1. The first-order chi connectivity index (χ1) is 21.8. The molecule has 6 N–H and O–H groups in total. The summed E-state index contributed by atoms with van der Waals surface area (Å²) in [4.78, 5) is 22.8. The van der Waals surface area contributed by atoms with E-state index in [-0.39, 0.29) is 69.3 Å². The summed E-state index contributed by atoms with van der Waals surface area (Å²) >= 11 is 6.31. The fourth-order valence-corrected chi connectivity index (χ4v) is 5.70. The van der Waals surface area contributed by atoms with Crippen molar-refractivity contribution in [1.29, 1.82) is 0 Å². The summed E-state index contributed by atoms with van der Waals surface area (Å²) in [6.45, 7) is -0.282. The maximum atomic E-state index is 12.5. The number of hydrogen-bond donors (Lipinski definition) is 5. The van der Waals surface area contributed by atoms with Crippen molar-refractivity contribution in [1.82, 2.24) is 15.0 Å². The first-order valence-electron chi connectivity index (χ1n) is 12.1. The van der Waals surface area contributed by atoms with Crippen LogP contribution < -0.4 is 15.6 Å². The fourth-order valence-electron chi connectivity index (χ4n) is 3.51. The Morgan fingerprint density at radius 2 is 1.83 bits per heavy atom. The molecule has 0 saturated heterocycles. The standard InChI is InChI=1S/C23H19ClN8O11S3/c24-21-27-22(29-23(28-21)32-7-1-2-13(12-32)20(33)34)26-17-11-19(46(38,39)40)16(25)10-18(17)31-30-14-3-5-15(6-4-14)45(36,37)9-8-41-44-43-42-35/h1-7,10-12H,8-9,25H2,(H3-,26,27,28,29,33,34,35,38,39,40)/p+1. The van der Waals surface area contributed by atoms with E-state index in [0.29, 0.717) is 0 Å². The number of halogens is 1. The van der Waals surface area contributed by atoms with E-state index in [0.717, 1.165) is 12.1 Å². The highest BCUT2D eigenvalue weighted by Gasteiger charge is 2.22. The number of anilines is 3. The Morgan fingerprint density at radius 1 is 1.09 bits per heavy atom. The van der Waals surface area contributed by atoms with Crippen LogP contribution >= 0.6 is 23.9 Å². The topological polar surface area (TPSA) is 279 Å². The fraction of sp³-hybridized carbons (Fsp3) is 0.0870. The van der Waals surface area contributed by atoms with Crippen LogP contribution in [0.3, 0.4) is 0 Å². The Labute approximate surface area is 268 Å². The summed E-state index contributed by atoms with van der Waals surface area (Å²) in [5, 5.41) is 31.2.